The van der Waals surface area contributed by atoms with Crippen LogP contribution in [-0.2, 0) is 20.6 Å². The van der Waals surface area contributed by atoms with Gasteiger partial charge < -0.3 is 10.2 Å². The molecular weight excluding hydrogens is 434 g/mol. The summed E-state index contributed by atoms with van der Waals surface area (Å²) in [5.41, 5.74) is 0.724. The van der Waals surface area contributed by atoms with Gasteiger partial charge in [0.2, 0.25) is 15.9 Å². The van der Waals surface area contributed by atoms with Crippen LogP contribution in [0.3, 0.4) is 0 Å². The van der Waals surface area contributed by atoms with Crippen LogP contribution in [0.4, 0.5) is 0 Å². The zero-order valence-electron chi connectivity index (χ0n) is 18.7. The highest BCUT2D eigenvalue weighted by Gasteiger charge is 2.31. The van der Waals surface area contributed by atoms with Crippen molar-refractivity contribution in [2.24, 2.45) is 17.8 Å². The van der Waals surface area contributed by atoms with Crippen LogP contribution in [0.1, 0.15) is 45.1 Å². The third-order valence-electron chi connectivity index (χ3n) is 6.38. The number of rotatable bonds is 8. The lowest BCUT2D eigenvalue weighted by Gasteiger charge is -2.35. The maximum Gasteiger partial charge on any atom is 0.223 e. The average molecular weight is 470 g/mol. The second kappa shape index (κ2) is 11.1. The molecule has 0 spiro atoms. The molecule has 1 N–H and O–H groups in total. The van der Waals surface area contributed by atoms with Gasteiger partial charge in [-0.2, -0.15) is 0 Å². The van der Waals surface area contributed by atoms with Gasteiger partial charge in [-0.05, 0) is 61.8 Å². The molecule has 2 saturated heterocycles. The van der Waals surface area contributed by atoms with Crippen LogP contribution in [0, 0.1) is 17.8 Å². The number of benzene rings is 1. The van der Waals surface area contributed by atoms with Crippen molar-refractivity contribution >= 4 is 27.5 Å². The molecule has 2 aliphatic heterocycles. The highest BCUT2D eigenvalue weighted by Crippen LogP contribution is 2.23. The van der Waals surface area contributed by atoms with Crippen LogP contribution in [0.25, 0.3) is 0 Å². The molecule has 1 aromatic rings. The average Bonchev–Trinajstić information content (AvgIpc) is 2.72. The first-order chi connectivity index (χ1) is 14.7. The molecular formula is C23H36ClN3O3S. The Balaban J connectivity index is 1.36. The molecule has 0 saturated carbocycles. The van der Waals surface area contributed by atoms with Gasteiger partial charge in [-0.1, -0.05) is 37.6 Å². The van der Waals surface area contributed by atoms with Gasteiger partial charge in [0.05, 0.1) is 5.75 Å². The van der Waals surface area contributed by atoms with Crippen LogP contribution >= 0.6 is 11.6 Å². The number of likely N-dealkylation sites (tertiary alicyclic amines) is 1. The molecule has 174 valence electrons. The van der Waals surface area contributed by atoms with Gasteiger partial charge in [-0.3, -0.25) is 4.79 Å². The summed E-state index contributed by atoms with van der Waals surface area (Å²) in [7, 11) is -3.39. The number of nitrogens with one attached hydrogen (secondary N) is 1. The van der Waals surface area contributed by atoms with Crippen LogP contribution in [-0.4, -0.2) is 62.8 Å². The van der Waals surface area contributed by atoms with E-state index in [1.807, 2.05) is 0 Å². The minimum Gasteiger partial charge on any atom is -0.356 e. The molecule has 6 nitrogen and oxygen atoms in total. The van der Waals surface area contributed by atoms with Crippen molar-refractivity contribution in [2.75, 3.05) is 39.3 Å². The Bertz CT molecular complexity index is 813. The predicted octanol–water partition coefficient (Wildman–Crippen LogP) is 3.37. The second-order valence-corrected chi connectivity index (χ2v) is 11.8. The Kier molecular flexibility index (Phi) is 8.79. The standard InChI is InChI=1S/C23H36ClN3O3S/c1-18-14-19(2)16-26(15-18)11-3-10-25-23(28)21-8-12-27(13-9-21)31(29,30)17-20-4-6-22(24)7-5-20/h4-7,18-19,21H,3,8-17H2,1-2H3,(H,25,28)/t18-,19-/m1/s1. The van der Waals surface area contributed by atoms with E-state index < -0.39 is 10.0 Å². The molecule has 0 radical (unpaired) electrons. The summed E-state index contributed by atoms with van der Waals surface area (Å²) in [6.07, 6.45) is 3.42. The molecule has 31 heavy (non-hydrogen) atoms. The van der Waals surface area contributed by atoms with E-state index in [0.717, 1.165) is 43.5 Å². The molecule has 3 rings (SSSR count). The summed E-state index contributed by atoms with van der Waals surface area (Å²) >= 11 is 5.87. The lowest BCUT2D eigenvalue weighted by atomic mass is 9.92. The minimum atomic E-state index is -3.39. The molecule has 0 aromatic heterocycles. The third kappa shape index (κ3) is 7.45. The summed E-state index contributed by atoms with van der Waals surface area (Å²) < 4.78 is 26.9. The number of hydrogen-bond donors (Lipinski definition) is 1. The molecule has 0 bridgehead atoms. The van der Waals surface area contributed by atoms with Crippen LogP contribution < -0.4 is 5.32 Å². The summed E-state index contributed by atoms with van der Waals surface area (Å²) in [6, 6.07) is 6.89. The number of carbonyl (C=O) groups excluding carboxylic acids is 1. The number of halogens is 1. The third-order valence-corrected chi connectivity index (χ3v) is 8.48. The largest absolute Gasteiger partial charge is 0.356 e. The molecule has 2 atom stereocenters. The highest BCUT2D eigenvalue weighted by molar-refractivity contribution is 7.88. The maximum absolute atomic E-state index is 12.7. The van der Waals surface area contributed by atoms with E-state index >= 15 is 0 Å². The maximum atomic E-state index is 12.7. The van der Waals surface area contributed by atoms with Crippen molar-refractivity contribution in [3.63, 3.8) is 0 Å². The van der Waals surface area contributed by atoms with Crippen molar-refractivity contribution in [3.8, 4) is 0 Å². The number of amides is 1. The smallest absolute Gasteiger partial charge is 0.223 e. The Morgan fingerprint density at radius 1 is 1.10 bits per heavy atom. The van der Waals surface area contributed by atoms with E-state index in [0.29, 0.717) is 37.5 Å². The first-order valence-electron chi connectivity index (χ1n) is 11.5. The van der Waals surface area contributed by atoms with Crippen molar-refractivity contribution in [2.45, 2.75) is 45.3 Å². The molecule has 1 aromatic carbocycles. The summed E-state index contributed by atoms with van der Waals surface area (Å²) in [5.74, 6) is 1.43. The summed E-state index contributed by atoms with van der Waals surface area (Å²) in [6.45, 7) is 9.44. The molecule has 2 fully saturated rings. The van der Waals surface area contributed by atoms with Crippen molar-refractivity contribution in [3.05, 3.63) is 34.9 Å². The Morgan fingerprint density at radius 3 is 2.32 bits per heavy atom. The SMILES string of the molecule is C[C@@H]1C[C@@H](C)CN(CCCNC(=O)C2CCN(S(=O)(=O)Cc3ccc(Cl)cc3)CC2)C1. The number of carbonyl (C=O) groups is 1. The fourth-order valence-electron chi connectivity index (χ4n) is 4.91. The minimum absolute atomic E-state index is 0.0330. The van der Waals surface area contributed by atoms with Crippen molar-refractivity contribution in [1.82, 2.24) is 14.5 Å². The molecule has 0 unspecified atom stereocenters. The fourth-order valence-corrected chi connectivity index (χ4v) is 6.60. The number of sulfonamides is 1. The van der Waals surface area contributed by atoms with E-state index in [-0.39, 0.29) is 17.6 Å². The summed E-state index contributed by atoms with van der Waals surface area (Å²) in [4.78, 5) is 15.0. The first-order valence-corrected chi connectivity index (χ1v) is 13.4. The topological polar surface area (TPSA) is 69.7 Å². The van der Waals surface area contributed by atoms with E-state index in [4.69, 9.17) is 11.6 Å². The molecule has 8 heteroatoms. The van der Waals surface area contributed by atoms with Gasteiger partial charge in [0.25, 0.3) is 0 Å². The molecule has 1 amide bonds. The van der Waals surface area contributed by atoms with Gasteiger partial charge in [0.1, 0.15) is 0 Å². The molecule has 0 aliphatic carbocycles. The van der Waals surface area contributed by atoms with Gasteiger partial charge in [-0.15, -0.1) is 0 Å². The monoisotopic (exact) mass is 469 g/mol. The van der Waals surface area contributed by atoms with Crippen LogP contribution in [0.15, 0.2) is 24.3 Å². The second-order valence-electron chi connectivity index (χ2n) is 9.41. The quantitative estimate of drug-likeness (QED) is 0.592. The van der Waals surface area contributed by atoms with E-state index in [1.165, 1.54) is 10.7 Å². The van der Waals surface area contributed by atoms with Gasteiger partial charge in [-0.25, -0.2) is 12.7 Å². The number of piperidine rings is 2. The zero-order valence-corrected chi connectivity index (χ0v) is 20.3. The lowest BCUT2D eigenvalue weighted by molar-refractivity contribution is -0.126. The zero-order chi connectivity index (χ0) is 22.4. The lowest BCUT2D eigenvalue weighted by Crippen LogP contribution is -2.44. The van der Waals surface area contributed by atoms with Crippen LogP contribution in [0.5, 0.6) is 0 Å². The first kappa shape index (κ1) is 24.5. The van der Waals surface area contributed by atoms with E-state index in [2.05, 4.69) is 24.1 Å². The Labute approximate surface area is 192 Å². The Morgan fingerprint density at radius 2 is 1.71 bits per heavy atom. The van der Waals surface area contributed by atoms with Gasteiger partial charge in [0.15, 0.2) is 0 Å². The molecule has 2 heterocycles. The Hall–Kier alpha value is -1.15. The predicted molar refractivity (Wildman–Crippen MR) is 125 cm³/mol. The normalized spacial score (nSPS) is 24.2. The van der Waals surface area contributed by atoms with Gasteiger partial charge >= 0.3 is 0 Å². The highest BCUT2D eigenvalue weighted by atomic mass is 35.5. The van der Waals surface area contributed by atoms with Crippen molar-refractivity contribution in [1.29, 1.82) is 0 Å². The molecule has 2 aliphatic rings. The van der Waals surface area contributed by atoms with Crippen LogP contribution in [0.2, 0.25) is 5.02 Å². The van der Waals surface area contributed by atoms with Gasteiger partial charge in [0, 0.05) is 43.7 Å². The fraction of sp³-hybridized carbons (Fsp3) is 0.696. The number of hydrogen-bond acceptors (Lipinski definition) is 4. The summed E-state index contributed by atoms with van der Waals surface area (Å²) in [5, 5.41) is 3.66. The van der Waals surface area contributed by atoms with E-state index in [1.54, 1.807) is 24.3 Å². The number of nitrogens with zero attached hydrogens (tertiary/aromatic N) is 2. The van der Waals surface area contributed by atoms with Crippen molar-refractivity contribution < 1.29 is 13.2 Å². The van der Waals surface area contributed by atoms with E-state index in [9.17, 15) is 13.2 Å².